The molecule has 2 aromatic rings. The van der Waals surface area contributed by atoms with Gasteiger partial charge in [0.1, 0.15) is 15.9 Å². The average Bonchev–Trinajstić information content (AvgIpc) is 2.84. The Morgan fingerprint density at radius 3 is 2.62 bits per heavy atom. The number of carbonyl (C=O) groups excluding carboxylic acids is 1. The van der Waals surface area contributed by atoms with Gasteiger partial charge in [0.15, 0.2) is 0 Å². The van der Waals surface area contributed by atoms with Crippen LogP contribution in [0.15, 0.2) is 30.3 Å². The van der Waals surface area contributed by atoms with Crippen molar-refractivity contribution in [1.29, 1.82) is 0 Å². The number of benzene rings is 1. The molecule has 0 fully saturated rings. The Kier molecular flexibility index (Phi) is 6.70. The second-order valence-electron chi connectivity index (χ2n) is 5.16. The molecule has 2 rings (SSSR count). The lowest BCUT2D eigenvalue weighted by atomic mass is 10.2. The van der Waals surface area contributed by atoms with Gasteiger partial charge in [-0.15, -0.1) is 0 Å². The van der Waals surface area contributed by atoms with E-state index in [-0.39, 0.29) is 5.91 Å². The minimum Gasteiger partial charge on any atom is -0.497 e. The average molecular weight is 368 g/mol. The Morgan fingerprint density at radius 1 is 1.33 bits per heavy atom. The maximum absolute atomic E-state index is 11.8. The van der Waals surface area contributed by atoms with E-state index in [0.717, 1.165) is 11.3 Å². The highest BCUT2D eigenvalue weighted by Crippen LogP contribution is 2.24. The summed E-state index contributed by atoms with van der Waals surface area (Å²) in [5.41, 5.74) is 1.63. The summed E-state index contributed by atoms with van der Waals surface area (Å²) < 4.78 is 6.72. The van der Waals surface area contributed by atoms with Gasteiger partial charge in [-0.05, 0) is 37.1 Å². The SMILES string of the molecule is COc1ccc(/C=C/C(=O)NCCCn2nc(C)c(Cl)c2Cl)cc1. The fraction of sp³-hybridized carbons (Fsp3) is 0.294. The van der Waals surface area contributed by atoms with Crippen molar-refractivity contribution in [2.24, 2.45) is 0 Å². The van der Waals surface area contributed by atoms with Crippen molar-refractivity contribution < 1.29 is 9.53 Å². The molecule has 0 saturated heterocycles. The molecule has 128 valence electrons. The zero-order valence-electron chi connectivity index (χ0n) is 13.6. The van der Waals surface area contributed by atoms with E-state index < -0.39 is 0 Å². The van der Waals surface area contributed by atoms with Crippen LogP contribution in [0.5, 0.6) is 5.75 Å². The number of nitrogens with zero attached hydrogens (tertiary/aromatic N) is 2. The number of aromatic nitrogens is 2. The van der Waals surface area contributed by atoms with Gasteiger partial charge < -0.3 is 10.1 Å². The second-order valence-corrected chi connectivity index (χ2v) is 5.90. The lowest BCUT2D eigenvalue weighted by Crippen LogP contribution is -2.23. The number of aryl methyl sites for hydroxylation is 2. The van der Waals surface area contributed by atoms with Gasteiger partial charge in [0.05, 0.1) is 12.8 Å². The van der Waals surface area contributed by atoms with Crippen LogP contribution in [0.3, 0.4) is 0 Å². The summed E-state index contributed by atoms with van der Waals surface area (Å²) in [6.45, 7) is 2.92. The molecule has 1 N–H and O–H groups in total. The van der Waals surface area contributed by atoms with Crippen molar-refractivity contribution in [3.8, 4) is 5.75 Å². The first kappa shape index (κ1) is 18.4. The molecule has 0 saturated carbocycles. The van der Waals surface area contributed by atoms with E-state index in [0.29, 0.717) is 35.4 Å². The molecule has 0 spiro atoms. The molecule has 7 heteroatoms. The van der Waals surface area contributed by atoms with E-state index in [9.17, 15) is 4.79 Å². The third-order valence-corrected chi connectivity index (χ3v) is 4.32. The van der Waals surface area contributed by atoms with Gasteiger partial charge in [0, 0.05) is 19.2 Å². The molecule has 1 amide bonds. The molecule has 0 unspecified atom stereocenters. The minimum atomic E-state index is -0.147. The van der Waals surface area contributed by atoms with Crippen molar-refractivity contribution in [3.63, 3.8) is 0 Å². The van der Waals surface area contributed by atoms with E-state index in [4.69, 9.17) is 27.9 Å². The third kappa shape index (κ3) is 5.01. The number of hydrogen-bond acceptors (Lipinski definition) is 3. The molecule has 0 aliphatic heterocycles. The number of amides is 1. The van der Waals surface area contributed by atoms with Crippen molar-refractivity contribution in [3.05, 3.63) is 51.8 Å². The van der Waals surface area contributed by atoms with E-state index in [1.807, 2.05) is 24.3 Å². The van der Waals surface area contributed by atoms with Gasteiger partial charge in [-0.2, -0.15) is 5.10 Å². The highest BCUT2D eigenvalue weighted by atomic mass is 35.5. The Hall–Kier alpha value is -1.98. The van der Waals surface area contributed by atoms with Crippen molar-refractivity contribution in [1.82, 2.24) is 15.1 Å². The Bertz CT molecular complexity index is 724. The molecular weight excluding hydrogens is 349 g/mol. The fourth-order valence-corrected chi connectivity index (χ4v) is 2.46. The Morgan fingerprint density at radius 2 is 2.04 bits per heavy atom. The fourth-order valence-electron chi connectivity index (χ4n) is 2.07. The van der Waals surface area contributed by atoms with Crippen molar-refractivity contribution in [2.45, 2.75) is 19.9 Å². The minimum absolute atomic E-state index is 0.147. The molecule has 0 aliphatic carbocycles. The van der Waals surface area contributed by atoms with Crippen LogP contribution in [0.4, 0.5) is 0 Å². The number of hydrogen-bond donors (Lipinski definition) is 1. The van der Waals surface area contributed by atoms with Crippen LogP contribution in [0.2, 0.25) is 10.2 Å². The molecule has 5 nitrogen and oxygen atoms in total. The van der Waals surface area contributed by atoms with Gasteiger partial charge >= 0.3 is 0 Å². The van der Waals surface area contributed by atoms with Crippen LogP contribution in [-0.2, 0) is 11.3 Å². The predicted molar refractivity (Wildman–Crippen MR) is 96.6 cm³/mol. The number of ether oxygens (including phenoxy) is 1. The van der Waals surface area contributed by atoms with Gasteiger partial charge in [-0.3, -0.25) is 9.48 Å². The maximum Gasteiger partial charge on any atom is 0.244 e. The van der Waals surface area contributed by atoms with Gasteiger partial charge in [0.25, 0.3) is 0 Å². The van der Waals surface area contributed by atoms with E-state index in [2.05, 4.69) is 10.4 Å². The highest BCUT2D eigenvalue weighted by molar-refractivity contribution is 6.41. The molecule has 0 atom stereocenters. The molecule has 1 heterocycles. The van der Waals surface area contributed by atoms with Crippen molar-refractivity contribution >= 4 is 35.2 Å². The standard InChI is InChI=1S/C17H19Cl2N3O2/c1-12-16(18)17(19)22(21-12)11-3-10-20-15(23)9-6-13-4-7-14(24-2)8-5-13/h4-9H,3,10-11H2,1-2H3,(H,20,23)/b9-6+. The first-order valence-corrected chi connectivity index (χ1v) is 8.25. The maximum atomic E-state index is 11.8. The van der Waals surface area contributed by atoms with Crippen LogP contribution in [0.1, 0.15) is 17.7 Å². The first-order valence-electron chi connectivity index (χ1n) is 7.49. The van der Waals surface area contributed by atoms with Crippen LogP contribution in [0.25, 0.3) is 6.08 Å². The number of methoxy groups -OCH3 is 1. The van der Waals surface area contributed by atoms with E-state index in [1.54, 1.807) is 24.8 Å². The summed E-state index contributed by atoms with van der Waals surface area (Å²) >= 11 is 12.0. The summed E-state index contributed by atoms with van der Waals surface area (Å²) in [5, 5.41) is 7.96. The molecule has 0 radical (unpaired) electrons. The molecule has 0 bridgehead atoms. The van der Waals surface area contributed by atoms with Crippen LogP contribution in [0, 0.1) is 6.92 Å². The van der Waals surface area contributed by atoms with E-state index >= 15 is 0 Å². The molecule has 24 heavy (non-hydrogen) atoms. The summed E-state index contributed by atoms with van der Waals surface area (Å²) in [4.78, 5) is 11.8. The zero-order valence-corrected chi connectivity index (χ0v) is 15.1. The smallest absolute Gasteiger partial charge is 0.244 e. The predicted octanol–water partition coefficient (Wildman–Crippen LogP) is 3.73. The number of carbonyl (C=O) groups is 1. The normalized spacial score (nSPS) is 11.0. The third-order valence-electron chi connectivity index (χ3n) is 3.38. The lowest BCUT2D eigenvalue weighted by Gasteiger charge is -2.04. The van der Waals surface area contributed by atoms with Gasteiger partial charge in [-0.25, -0.2) is 0 Å². The Balaban J connectivity index is 1.74. The topological polar surface area (TPSA) is 56.1 Å². The second kappa shape index (κ2) is 8.76. The quantitative estimate of drug-likeness (QED) is 0.599. The summed E-state index contributed by atoms with van der Waals surface area (Å²) in [6.07, 6.45) is 3.96. The molecule has 0 aliphatic rings. The highest BCUT2D eigenvalue weighted by Gasteiger charge is 2.10. The zero-order chi connectivity index (χ0) is 17.5. The summed E-state index contributed by atoms with van der Waals surface area (Å²) in [6, 6.07) is 7.46. The monoisotopic (exact) mass is 367 g/mol. The number of halogens is 2. The number of nitrogens with one attached hydrogen (secondary N) is 1. The van der Waals surface area contributed by atoms with E-state index in [1.165, 1.54) is 6.08 Å². The summed E-state index contributed by atoms with van der Waals surface area (Å²) in [7, 11) is 1.62. The lowest BCUT2D eigenvalue weighted by molar-refractivity contribution is -0.116. The molecule has 1 aromatic heterocycles. The van der Waals surface area contributed by atoms with Crippen LogP contribution >= 0.6 is 23.2 Å². The molecule has 1 aromatic carbocycles. The first-order chi connectivity index (χ1) is 11.5. The van der Waals surface area contributed by atoms with Crippen LogP contribution in [-0.4, -0.2) is 29.3 Å². The van der Waals surface area contributed by atoms with Gasteiger partial charge in [-0.1, -0.05) is 35.3 Å². The Labute approximate surface area is 151 Å². The molecular formula is C17H19Cl2N3O2. The van der Waals surface area contributed by atoms with Crippen molar-refractivity contribution in [2.75, 3.05) is 13.7 Å². The van der Waals surface area contributed by atoms with Crippen LogP contribution < -0.4 is 10.1 Å². The summed E-state index contributed by atoms with van der Waals surface area (Å²) in [5.74, 6) is 0.635. The largest absolute Gasteiger partial charge is 0.497 e. The number of rotatable bonds is 7. The van der Waals surface area contributed by atoms with Gasteiger partial charge in [0.2, 0.25) is 5.91 Å².